The number of pyridine rings is 1. The molecule has 2 N–H and O–H groups in total. The Morgan fingerprint density at radius 3 is 2.36 bits per heavy atom. The van der Waals surface area contributed by atoms with E-state index in [1.165, 1.54) is 23.4 Å². The second kappa shape index (κ2) is 11.3. The summed E-state index contributed by atoms with van der Waals surface area (Å²) < 4.78 is 29.0. The molecular formula is C27H27Cl3N4O4S. The van der Waals surface area contributed by atoms with Crippen molar-refractivity contribution >= 4 is 68.3 Å². The number of aromatic nitrogens is 1. The first-order valence-electron chi connectivity index (χ1n) is 12.1. The molecule has 3 aromatic rings. The van der Waals surface area contributed by atoms with Crippen LogP contribution in [-0.4, -0.2) is 37.3 Å². The van der Waals surface area contributed by atoms with E-state index >= 15 is 0 Å². The van der Waals surface area contributed by atoms with Gasteiger partial charge in [-0.3, -0.25) is 9.59 Å². The molecule has 8 nitrogen and oxygen atoms in total. The Balaban J connectivity index is 1.73. The van der Waals surface area contributed by atoms with Crippen LogP contribution < -0.4 is 14.9 Å². The summed E-state index contributed by atoms with van der Waals surface area (Å²) in [6.07, 6.45) is 1.05. The van der Waals surface area contributed by atoms with Crippen LogP contribution in [0.5, 0.6) is 0 Å². The lowest BCUT2D eigenvalue weighted by Crippen LogP contribution is -2.48. The highest BCUT2D eigenvalue weighted by Gasteiger charge is 2.37. The number of amides is 2. The number of rotatable bonds is 7. The number of nitrogens with one attached hydrogen (secondary N) is 2. The molecule has 0 saturated heterocycles. The van der Waals surface area contributed by atoms with Gasteiger partial charge < -0.3 is 10.6 Å². The Morgan fingerprint density at radius 1 is 1.05 bits per heavy atom. The van der Waals surface area contributed by atoms with Crippen LogP contribution in [0.15, 0.2) is 59.5 Å². The lowest BCUT2D eigenvalue weighted by Gasteiger charge is -2.38. The van der Waals surface area contributed by atoms with E-state index in [4.69, 9.17) is 34.8 Å². The lowest BCUT2D eigenvalue weighted by atomic mass is 9.84. The molecule has 0 radical (unpaired) electrons. The molecule has 0 bridgehead atoms. The summed E-state index contributed by atoms with van der Waals surface area (Å²) in [6, 6.07) is 14.1. The van der Waals surface area contributed by atoms with Crippen molar-refractivity contribution in [3.63, 3.8) is 0 Å². The van der Waals surface area contributed by atoms with Crippen molar-refractivity contribution < 1.29 is 18.0 Å². The zero-order valence-electron chi connectivity index (χ0n) is 21.5. The summed E-state index contributed by atoms with van der Waals surface area (Å²) in [5, 5.41) is 6.23. The van der Waals surface area contributed by atoms with Gasteiger partial charge in [0.1, 0.15) is 11.6 Å². The van der Waals surface area contributed by atoms with Crippen LogP contribution in [0, 0.1) is 5.92 Å². The van der Waals surface area contributed by atoms with Crippen molar-refractivity contribution in [1.29, 1.82) is 0 Å². The third-order valence-electron chi connectivity index (χ3n) is 6.25. The maximum Gasteiger partial charge on any atom is 0.265 e. The molecule has 2 heterocycles. The summed E-state index contributed by atoms with van der Waals surface area (Å²) in [6.45, 7) is 5.36. The Labute approximate surface area is 242 Å². The molecule has 1 aliphatic heterocycles. The predicted molar refractivity (Wildman–Crippen MR) is 154 cm³/mol. The molecule has 1 aromatic heterocycles. The summed E-state index contributed by atoms with van der Waals surface area (Å²) in [5.41, 5.74) is 0.211. The Morgan fingerprint density at radius 2 is 1.72 bits per heavy atom. The first-order valence-corrected chi connectivity index (χ1v) is 14.7. The second-order valence-corrected chi connectivity index (χ2v) is 13.2. The number of carbonyl (C=O) groups is 2. The smallest absolute Gasteiger partial charge is 0.265 e. The molecule has 0 unspecified atom stereocenters. The number of halogens is 3. The van der Waals surface area contributed by atoms with Crippen molar-refractivity contribution in [1.82, 2.24) is 10.3 Å². The first kappa shape index (κ1) is 29.1. The van der Waals surface area contributed by atoms with Crippen LogP contribution in [0.1, 0.15) is 43.1 Å². The minimum atomic E-state index is -4.08. The summed E-state index contributed by atoms with van der Waals surface area (Å²) in [7, 11) is -4.08. The van der Waals surface area contributed by atoms with E-state index in [2.05, 4.69) is 15.6 Å². The van der Waals surface area contributed by atoms with Gasteiger partial charge in [-0.05, 0) is 74.6 Å². The van der Waals surface area contributed by atoms with Crippen molar-refractivity contribution in [3.8, 4) is 0 Å². The largest absolute Gasteiger partial charge is 0.351 e. The predicted octanol–water partition coefficient (Wildman–Crippen LogP) is 5.97. The number of benzene rings is 2. The molecule has 2 amide bonds. The Bertz CT molecular complexity index is 1530. The summed E-state index contributed by atoms with van der Waals surface area (Å²) >= 11 is 18.5. The number of anilines is 2. The monoisotopic (exact) mass is 608 g/mol. The fourth-order valence-electron chi connectivity index (χ4n) is 4.86. The van der Waals surface area contributed by atoms with E-state index in [0.29, 0.717) is 18.4 Å². The molecule has 39 heavy (non-hydrogen) atoms. The summed E-state index contributed by atoms with van der Waals surface area (Å²) in [5.74, 6) is -0.532. The highest BCUT2D eigenvalue weighted by Crippen LogP contribution is 2.37. The molecular weight excluding hydrogens is 583 g/mol. The molecule has 1 atom stereocenters. The van der Waals surface area contributed by atoms with Gasteiger partial charge in [0, 0.05) is 24.0 Å². The van der Waals surface area contributed by atoms with Gasteiger partial charge in [-0.25, -0.2) is 17.7 Å². The van der Waals surface area contributed by atoms with Gasteiger partial charge in [-0.2, -0.15) is 0 Å². The number of carbonyl (C=O) groups excluding carboxylic acids is 2. The fourth-order valence-corrected chi connectivity index (χ4v) is 7.26. The van der Waals surface area contributed by atoms with Gasteiger partial charge in [0.25, 0.3) is 15.9 Å². The van der Waals surface area contributed by atoms with E-state index < -0.39 is 21.5 Å². The molecule has 0 saturated carbocycles. The van der Waals surface area contributed by atoms with E-state index in [1.807, 2.05) is 13.8 Å². The van der Waals surface area contributed by atoms with Gasteiger partial charge in [-0.15, -0.1) is 0 Å². The second-order valence-electron chi connectivity index (χ2n) is 10.1. The third kappa shape index (κ3) is 6.66. The first-order chi connectivity index (χ1) is 18.3. The number of hydrogen-bond acceptors (Lipinski definition) is 5. The molecule has 0 fully saturated rings. The molecule has 0 spiro atoms. The zero-order chi connectivity index (χ0) is 28.5. The molecule has 0 aliphatic carbocycles. The number of sulfonamides is 1. The molecule has 2 aromatic carbocycles. The molecule has 206 valence electrons. The summed E-state index contributed by atoms with van der Waals surface area (Å²) in [4.78, 5) is 29.2. The maximum atomic E-state index is 13.9. The number of fused-ring (bicyclic) bond motifs is 1. The highest BCUT2D eigenvalue weighted by atomic mass is 35.5. The van der Waals surface area contributed by atoms with Crippen molar-refractivity contribution in [2.45, 2.75) is 44.0 Å². The van der Waals surface area contributed by atoms with Crippen molar-refractivity contribution in [3.05, 3.63) is 80.8 Å². The SMILES string of the molecule is CC(=O)NC(C)(C)C[C@@H]1Cc2ccc(NC(=O)c3c(Cl)cccc3Cl)nc2N(S(=O)(=O)c2cccc(Cl)c2)C1. The lowest BCUT2D eigenvalue weighted by molar-refractivity contribution is -0.120. The van der Waals surface area contributed by atoms with Gasteiger partial charge in [0.2, 0.25) is 5.91 Å². The van der Waals surface area contributed by atoms with Crippen molar-refractivity contribution in [2.75, 3.05) is 16.2 Å². The minimum absolute atomic E-state index is 0.0156. The van der Waals surface area contributed by atoms with E-state index in [0.717, 1.165) is 0 Å². The number of nitrogens with zero attached hydrogens (tertiary/aromatic N) is 2. The van der Waals surface area contributed by atoms with E-state index in [-0.39, 0.29) is 55.5 Å². The highest BCUT2D eigenvalue weighted by molar-refractivity contribution is 7.92. The molecule has 4 rings (SSSR count). The van der Waals surface area contributed by atoms with Gasteiger partial charge in [0.15, 0.2) is 0 Å². The van der Waals surface area contributed by atoms with Crippen LogP contribution in [-0.2, 0) is 21.2 Å². The van der Waals surface area contributed by atoms with E-state index in [9.17, 15) is 18.0 Å². The average molecular weight is 610 g/mol. The van der Waals surface area contributed by atoms with Gasteiger partial charge >= 0.3 is 0 Å². The molecule has 1 aliphatic rings. The van der Waals surface area contributed by atoms with Crippen LogP contribution >= 0.6 is 34.8 Å². The van der Waals surface area contributed by atoms with Crippen LogP contribution in [0.4, 0.5) is 11.6 Å². The van der Waals surface area contributed by atoms with Gasteiger partial charge in [0.05, 0.1) is 20.5 Å². The topological polar surface area (TPSA) is 108 Å². The van der Waals surface area contributed by atoms with Crippen LogP contribution in [0.2, 0.25) is 15.1 Å². The fraction of sp³-hybridized carbons (Fsp3) is 0.296. The number of hydrogen-bond donors (Lipinski definition) is 2. The Kier molecular flexibility index (Phi) is 8.47. The quantitative estimate of drug-likeness (QED) is 0.343. The van der Waals surface area contributed by atoms with Crippen LogP contribution in [0.25, 0.3) is 0 Å². The van der Waals surface area contributed by atoms with Crippen LogP contribution in [0.3, 0.4) is 0 Å². The third-order valence-corrected chi connectivity index (χ3v) is 8.87. The Hall–Kier alpha value is -2.85. The van der Waals surface area contributed by atoms with E-state index in [1.54, 1.807) is 42.5 Å². The van der Waals surface area contributed by atoms with Gasteiger partial charge in [-0.1, -0.05) is 53.0 Å². The minimum Gasteiger partial charge on any atom is -0.351 e. The maximum absolute atomic E-state index is 13.9. The van der Waals surface area contributed by atoms with Crippen molar-refractivity contribution in [2.24, 2.45) is 5.92 Å². The average Bonchev–Trinajstić information content (AvgIpc) is 2.82. The normalized spacial score (nSPS) is 15.4. The molecule has 12 heteroatoms. The zero-order valence-corrected chi connectivity index (χ0v) is 24.5. The standard InChI is InChI=1S/C27H27Cl3N4O4S/c1-16(35)33-27(2,3)14-17-12-18-10-11-23(32-26(36)24-21(29)8-5-9-22(24)30)31-25(18)34(15-17)39(37,38)20-7-4-6-19(28)13-20/h4-11,13,17H,12,14-15H2,1-3H3,(H,33,35)(H,31,32,36)/t17-/m0/s1.